The van der Waals surface area contributed by atoms with Crippen LogP contribution in [0.5, 0.6) is 23.0 Å². The zero-order valence-corrected chi connectivity index (χ0v) is 31.2. The van der Waals surface area contributed by atoms with Gasteiger partial charge in [0.2, 0.25) is 11.1 Å². The number of hydrogen-bond donors (Lipinski definition) is 4. The molecule has 0 bridgehead atoms. The summed E-state index contributed by atoms with van der Waals surface area (Å²) < 4.78 is 21.9. The molecule has 1 amide bonds. The third-order valence-electron chi connectivity index (χ3n) is 7.99. The molecule has 0 unspecified atom stereocenters. The van der Waals surface area contributed by atoms with Crippen LogP contribution < -0.4 is 31.4 Å². The van der Waals surface area contributed by atoms with E-state index in [2.05, 4.69) is 42.6 Å². The summed E-state index contributed by atoms with van der Waals surface area (Å²) >= 11 is 4.64. The number of carbonyl (C=O) groups is 2. The minimum absolute atomic E-state index is 0. The molecule has 11 nitrogen and oxygen atoms in total. The Morgan fingerprint density at radius 2 is 1.11 bits per heavy atom. The van der Waals surface area contributed by atoms with Crippen LogP contribution >= 0.6 is 11.6 Å². The second-order valence-corrected chi connectivity index (χ2v) is 12.3. The summed E-state index contributed by atoms with van der Waals surface area (Å²) in [7, 11) is -1.65. The molecule has 0 atom stereocenters. The van der Waals surface area contributed by atoms with Gasteiger partial charge in [-0.1, -0.05) is 64.6 Å². The molecule has 14 heteroatoms. The SMILES string of the molecule is C.CC(=O)Cl.CC(=O)NCc1ccc(Oc2ccc3c(c2)COB3O)cc1.CCN(CC)CC.NCc1ccc(Oc2ccc3c(c2)COB3O)cc1. The molecule has 0 spiro atoms. The topological polar surface area (TPSA) is 153 Å². The number of ether oxygens (including phenoxy) is 2. The lowest BCUT2D eigenvalue weighted by molar-refractivity contribution is -0.119. The van der Waals surface area contributed by atoms with Crippen LogP contribution in [0.15, 0.2) is 84.9 Å². The molecule has 284 valence electrons. The van der Waals surface area contributed by atoms with E-state index < -0.39 is 14.2 Å². The minimum atomic E-state index is -0.836. The average Bonchev–Trinajstić information content (AvgIpc) is 3.70. The number of nitrogens with one attached hydrogen (secondary N) is 1. The normalized spacial score (nSPS) is 12.0. The molecule has 2 heterocycles. The van der Waals surface area contributed by atoms with Gasteiger partial charge >= 0.3 is 14.2 Å². The molecule has 2 aliphatic heterocycles. The molecule has 0 fully saturated rings. The van der Waals surface area contributed by atoms with Crippen molar-refractivity contribution in [1.29, 1.82) is 0 Å². The molecule has 53 heavy (non-hydrogen) atoms. The Hall–Kier alpha value is -4.20. The van der Waals surface area contributed by atoms with E-state index in [1.807, 2.05) is 84.9 Å². The highest BCUT2D eigenvalue weighted by atomic mass is 35.5. The van der Waals surface area contributed by atoms with Crippen molar-refractivity contribution in [3.8, 4) is 23.0 Å². The van der Waals surface area contributed by atoms with Crippen molar-refractivity contribution in [3.05, 3.63) is 107 Å². The highest BCUT2D eigenvalue weighted by Crippen LogP contribution is 2.25. The summed E-state index contributed by atoms with van der Waals surface area (Å²) in [6.45, 7) is 14.7. The molecule has 4 aromatic carbocycles. The Labute approximate surface area is 319 Å². The summed E-state index contributed by atoms with van der Waals surface area (Å²) in [4.78, 5) is 22.5. The van der Waals surface area contributed by atoms with Gasteiger partial charge in [0.1, 0.15) is 23.0 Å². The van der Waals surface area contributed by atoms with Gasteiger partial charge in [-0.2, -0.15) is 0 Å². The number of hydrogen-bond acceptors (Lipinski definition) is 10. The second kappa shape index (κ2) is 23.5. The molecular formula is C39H52B2ClN3O8. The standard InChI is InChI=1S/C16H16BNO4.C14H14BNO3.C6H15N.C2H3ClO.CH4/c1-11(19)18-9-12-2-4-14(5-3-12)22-15-6-7-16-13(8-15)10-21-17(16)20;16-8-10-1-3-12(4-2-10)19-13-5-6-14-11(7-13)9-18-15(14)17;1-4-7(5-2)6-3;1-2(3)4;/h2-8,20H,9-10H2,1H3,(H,18,19);1-7,17H,8-9,16H2;4-6H2,1-3H3;1H3;1H4. The fourth-order valence-electron chi connectivity index (χ4n) is 5.08. The fourth-order valence-corrected chi connectivity index (χ4v) is 5.08. The van der Waals surface area contributed by atoms with Crippen LogP contribution in [0.2, 0.25) is 0 Å². The van der Waals surface area contributed by atoms with E-state index in [1.54, 1.807) is 0 Å². The Kier molecular flexibility index (Phi) is 19.9. The third-order valence-corrected chi connectivity index (χ3v) is 7.99. The predicted octanol–water partition coefficient (Wildman–Crippen LogP) is 5.24. The van der Waals surface area contributed by atoms with E-state index in [0.29, 0.717) is 37.8 Å². The van der Waals surface area contributed by atoms with E-state index in [1.165, 1.54) is 33.5 Å². The van der Waals surface area contributed by atoms with Gasteiger partial charge in [0.25, 0.3) is 0 Å². The van der Waals surface area contributed by atoms with Crippen molar-refractivity contribution in [2.75, 3.05) is 19.6 Å². The summed E-state index contributed by atoms with van der Waals surface area (Å²) in [5.74, 6) is 2.86. The monoisotopic (exact) mass is 747 g/mol. The number of benzene rings is 4. The zero-order chi connectivity index (χ0) is 38.0. The van der Waals surface area contributed by atoms with Crippen LogP contribution in [0.25, 0.3) is 0 Å². The predicted molar refractivity (Wildman–Crippen MR) is 213 cm³/mol. The van der Waals surface area contributed by atoms with Crippen molar-refractivity contribution >= 4 is 47.9 Å². The van der Waals surface area contributed by atoms with E-state index in [0.717, 1.165) is 44.7 Å². The van der Waals surface area contributed by atoms with E-state index >= 15 is 0 Å². The maximum absolute atomic E-state index is 10.9. The van der Waals surface area contributed by atoms with Gasteiger partial charge in [0, 0.05) is 26.9 Å². The van der Waals surface area contributed by atoms with E-state index in [-0.39, 0.29) is 18.6 Å². The quantitative estimate of drug-likeness (QED) is 0.125. The van der Waals surface area contributed by atoms with Gasteiger partial charge in [0.15, 0.2) is 0 Å². The van der Waals surface area contributed by atoms with Crippen molar-refractivity contribution in [1.82, 2.24) is 10.2 Å². The van der Waals surface area contributed by atoms with Gasteiger partial charge in [-0.15, -0.1) is 0 Å². The van der Waals surface area contributed by atoms with Crippen LogP contribution in [0, 0.1) is 0 Å². The molecular weight excluding hydrogens is 696 g/mol. The lowest BCUT2D eigenvalue weighted by Gasteiger charge is -2.13. The van der Waals surface area contributed by atoms with Crippen molar-refractivity contribution in [3.63, 3.8) is 0 Å². The van der Waals surface area contributed by atoms with Crippen LogP contribution in [-0.2, 0) is 45.2 Å². The van der Waals surface area contributed by atoms with Gasteiger partial charge in [-0.25, -0.2) is 0 Å². The number of amides is 1. The first-order valence-corrected chi connectivity index (χ1v) is 17.5. The Morgan fingerprint density at radius 3 is 1.45 bits per heavy atom. The largest absolute Gasteiger partial charge is 0.491 e. The molecule has 0 radical (unpaired) electrons. The van der Waals surface area contributed by atoms with Crippen molar-refractivity contribution in [2.24, 2.45) is 5.73 Å². The van der Waals surface area contributed by atoms with Crippen LogP contribution in [0.3, 0.4) is 0 Å². The summed E-state index contributed by atoms with van der Waals surface area (Å²) in [6.07, 6.45) is 0. The molecule has 0 saturated heterocycles. The molecule has 0 aliphatic carbocycles. The number of carbonyl (C=O) groups excluding carboxylic acids is 2. The fraction of sp³-hybridized carbons (Fsp3) is 0.333. The molecule has 4 aromatic rings. The first-order chi connectivity index (χ1) is 25.0. The lowest BCUT2D eigenvalue weighted by atomic mass is 9.80. The van der Waals surface area contributed by atoms with E-state index in [4.69, 9.17) is 24.5 Å². The van der Waals surface area contributed by atoms with Gasteiger partial charge in [-0.3, -0.25) is 9.59 Å². The Morgan fingerprint density at radius 1 is 0.736 bits per heavy atom. The maximum Gasteiger partial charge on any atom is 0.491 e. The van der Waals surface area contributed by atoms with E-state index in [9.17, 15) is 19.6 Å². The van der Waals surface area contributed by atoms with Crippen molar-refractivity contribution < 1.29 is 38.4 Å². The number of nitrogens with two attached hydrogens (primary N) is 1. The third kappa shape index (κ3) is 15.4. The number of fused-ring (bicyclic) bond motifs is 2. The maximum atomic E-state index is 10.9. The lowest BCUT2D eigenvalue weighted by Crippen LogP contribution is -2.27. The smallest absolute Gasteiger partial charge is 0.457 e. The number of nitrogens with zero attached hydrogens (tertiary/aromatic N) is 1. The molecule has 0 saturated carbocycles. The minimum Gasteiger partial charge on any atom is -0.457 e. The first-order valence-electron chi connectivity index (χ1n) is 17.2. The number of halogens is 1. The van der Waals surface area contributed by atoms with Crippen LogP contribution in [0.4, 0.5) is 0 Å². The summed E-state index contributed by atoms with van der Waals surface area (Å²) in [6, 6.07) is 26.2. The molecule has 6 rings (SSSR count). The average molecular weight is 748 g/mol. The summed E-state index contributed by atoms with van der Waals surface area (Å²) in [5, 5.41) is 21.5. The Bertz CT molecular complexity index is 1700. The van der Waals surface area contributed by atoms with Gasteiger partial charge < -0.3 is 44.8 Å². The first kappa shape index (κ1) is 45.0. The Balaban J connectivity index is 0.000000285. The van der Waals surface area contributed by atoms with Crippen LogP contribution in [0.1, 0.15) is 64.3 Å². The molecule has 0 aromatic heterocycles. The highest BCUT2D eigenvalue weighted by Gasteiger charge is 2.28. The number of rotatable bonds is 10. The highest BCUT2D eigenvalue weighted by molar-refractivity contribution is 6.63. The summed E-state index contributed by atoms with van der Waals surface area (Å²) in [5.41, 5.74) is 11.1. The molecule has 5 N–H and O–H groups in total. The van der Waals surface area contributed by atoms with Gasteiger partial charge in [0.05, 0.1) is 13.2 Å². The molecule has 2 aliphatic rings. The van der Waals surface area contributed by atoms with Crippen molar-refractivity contribution in [2.45, 2.75) is 68.3 Å². The van der Waals surface area contributed by atoms with Crippen LogP contribution in [-0.4, -0.2) is 60.0 Å². The zero-order valence-electron chi connectivity index (χ0n) is 30.4. The second-order valence-electron chi connectivity index (χ2n) is 11.7. The van der Waals surface area contributed by atoms with Gasteiger partial charge in [-0.05, 0) is 113 Å².